The number of aromatic carboxylic acids is 1. The third kappa shape index (κ3) is 1.80. The van der Waals surface area contributed by atoms with Crippen LogP contribution in [0, 0.1) is 0 Å². The smallest absolute Gasteiger partial charge is 0.341 e. The average Bonchev–Trinajstić information content (AvgIpc) is 3.24. The number of carbonyl (C=O) groups is 1. The fraction of sp³-hybridized carbons (Fsp3) is 0. The van der Waals surface area contributed by atoms with Crippen LogP contribution in [0.2, 0.25) is 0 Å². The zero-order valence-electron chi connectivity index (χ0n) is 11.3. The summed E-state index contributed by atoms with van der Waals surface area (Å²) in [5.74, 6) is -0.139. The van der Waals surface area contributed by atoms with Crippen LogP contribution in [0.4, 0.5) is 0 Å². The average molecular weight is 293 g/mol. The maximum Gasteiger partial charge on any atom is 0.341 e. The van der Waals surface area contributed by atoms with Crippen molar-refractivity contribution in [3.8, 4) is 11.8 Å². The van der Waals surface area contributed by atoms with E-state index in [4.69, 9.17) is 0 Å². The van der Waals surface area contributed by atoms with Crippen molar-refractivity contribution in [3.63, 3.8) is 0 Å². The Morgan fingerprint density at radius 2 is 1.91 bits per heavy atom. The molecule has 0 aliphatic heterocycles. The van der Waals surface area contributed by atoms with Crippen LogP contribution in [0.15, 0.2) is 55.0 Å². The van der Waals surface area contributed by atoms with E-state index in [0.29, 0.717) is 11.8 Å². The van der Waals surface area contributed by atoms with Crippen molar-refractivity contribution in [2.75, 3.05) is 0 Å². The summed E-state index contributed by atoms with van der Waals surface area (Å²) in [4.78, 5) is 19.1. The lowest BCUT2D eigenvalue weighted by atomic mass is 10.3. The first-order valence-electron chi connectivity index (χ1n) is 6.64. The van der Waals surface area contributed by atoms with Crippen LogP contribution >= 0.6 is 0 Å². The van der Waals surface area contributed by atoms with E-state index in [0.717, 1.165) is 11.0 Å². The van der Waals surface area contributed by atoms with E-state index in [1.807, 2.05) is 36.4 Å². The molecule has 0 aliphatic rings. The van der Waals surface area contributed by atoms with Gasteiger partial charge in [-0.15, -0.1) is 0 Å². The minimum Gasteiger partial charge on any atom is -0.477 e. The summed E-state index contributed by atoms with van der Waals surface area (Å²) in [5, 5.41) is 13.5. The molecule has 0 saturated carbocycles. The number of H-pyrrole nitrogens is 1. The number of aromatic amines is 1. The van der Waals surface area contributed by atoms with Crippen molar-refractivity contribution < 1.29 is 9.90 Å². The lowest BCUT2D eigenvalue weighted by Gasteiger charge is -2.06. The summed E-state index contributed by atoms with van der Waals surface area (Å²) >= 11 is 0. The second kappa shape index (κ2) is 4.59. The summed E-state index contributed by atoms with van der Waals surface area (Å²) in [7, 11) is 0. The van der Waals surface area contributed by atoms with Crippen molar-refractivity contribution >= 4 is 17.0 Å². The molecular weight excluding hydrogens is 282 g/mol. The Labute approximate surface area is 124 Å². The largest absolute Gasteiger partial charge is 0.477 e. The van der Waals surface area contributed by atoms with Crippen LogP contribution < -0.4 is 0 Å². The zero-order valence-corrected chi connectivity index (χ0v) is 11.3. The summed E-state index contributed by atoms with van der Waals surface area (Å²) in [6, 6.07) is 11.2. The predicted molar refractivity (Wildman–Crippen MR) is 79.5 cm³/mol. The van der Waals surface area contributed by atoms with Crippen molar-refractivity contribution in [1.29, 1.82) is 0 Å². The molecule has 0 spiro atoms. The Morgan fingerprint density at radius 1 is 1.14 bits per heavy atom. The number of benzene rings is 1. The molecule has 0 amide bonds. The quantitative estimate of drug-likeness (QED) is 0.606. The van der Waals surface area contributed by atoms with Gasteiger partial charge in [-0.1, -0.05) is 12.1 Å². The molecule has 3 aromatic heterocycles. The Hall–Kier alpha value is -3.35. The highest BCUT2D eigenvalue weighted by Gasteiger charge is 2.20. The number of rotatable bonds is 3. The Kier molecular flexibility index (Phi) is 2.59. The number of para-hydroxylation sites is 2. The number of hydrogen-bond donors (Lipinski definition) is 2. The first kappa shape index (κ1) is 12.4. The van der Waals surface area contributed by atoms with Gasteiger partial charge in [-0.2, -0.15) is 9.78 Å². The van der Waals surface area contributed by atoms with Crippen molar-refractivity contribution in [2.24, 2.45) is 0 Å². The fourth-order valence-electron chi connectivity index (χ4n) is 2.41. The molecule has 0 atom stereocenters. The number of carboxylic acid groups (broad SMARTS) is 1. The molecule has 3 heterocycles. The van der Waals surface area contributed by atoms with E-state index in [1.165, 1.54) is 10.9 Å². The monoisotopic (exact) mass is 293 g/mol. The molecule has 2 N–H and O–H groups in total. The molecule has 0 fully saturated rings. The number of nitrogens with one attached hydrogen (secondary N) is 1. The standard InChI is InChI=1S/C15H11N5O2/c21-14(22)10-9-16-20(13(10)19-7-3-4-8-19)15-17-11-5-1-2-6-12(11)18-15/h1-9H,(H,17,18)(H,21,22). The summed E-state index contributed by atoms with van der Waals surface area (Å²) in [6.07, 6.45) is 4.86. The number of aromatic nitrogens is 5. The summed E-state index contributed by atoms with van der Waals surface area (Å²) < 4.78 is 3.19. The summed E-state index contributed by atoms with van der Waals surface area (Å²) in [5.41, 5.74) is 1.77. The second-order valence-electron chi connectivity index (χ2n) is 4.77. The lowest BCUT2D eigenvalue weighted by molar-refractivity contribution is 0.0697. The molecule has 7 nitrogen and oxygen atoms in total. The first-order valence-corrected chi connectivity index (χ1v) is 6.64. The minimum absolute atomic E-state index is 0.108. The normalized spacial score (nSPS) is 11.1. The van der Waals surface area contributed by atoms with Crippen molar-refractivity contribution in [1.82, 2.24) is 24.3 Å². The lowest BCUT2D eigenvalue weighted by Crippen LogP contribution is -2.09. The number of carboxylic acids is 1. The van der Waals surface area contributed by atoms with Gasteiger partial charge in [-0.3, -0.25) is 0 Å². The van der Waals surface area contributed by atoms with Gasteiger partial charge < -0.3 is 14.7 Å². The minimum atomic E-state index is -1.04. The molecule has 0 unspecified atom stereocenters. The molecule has 7 heteroatoms. The highest BCUT2D eigenvalue weighted by atomic mass is 16.4. The number of imidazole rings is 1. The van der Waals surface area contributed by atoms with Crippen LogP contribution in [-0.4, -0.2) is 35.4 Å². The van der Waals surface area contributed by atoms with E-state index in [9.17, 15) is 9.90 Å². The topological polar surface area (TPSA) is 88.7 Å². The predicted octanol–water partition coefficient (Wildman–Crippen LogP) is 2.24. The van der Waals surface area contributed by atoms with Crippen LogP contribution in [0.3, 0.4) is 0 Å². The van der Waals surface area contributed by atoms with Crippen molar-refractivity contribution in [3.05, 3.63) is 60.6 Å². The second-order valence-corrected chi connectivity index (χ2v) is 4.77. The molecule has 108 valence electrons. The van der Waals surface area contributed by atoms with Gasteiger partial charge in [0.25, 0.3) is 0 Å². The van der Waals surface area contributed by atoms with Crippen LogP contribution in [0.5, 0.6) is 0 Å². The first-order chi connectivity index (χ1) is 10.7. The third-order valence-corrected chi connectivity index (χ3v) is 3.40. The molecule has 0 saturated heterocycles. The van der Waals surface area contributed by atoms with Gasteiger partial charge in [0, 0.05) is 12.4 Å². The maximum atomic E-state index is 11.4. The van der Waals surface area contributed by atoms with E-state index < -0.39 is 5.97 Å². The van der Waals surface area contributed by atoms with Gasteiger partial charge in [0.2, 0.25) is 5.95 Å². The van der Waals surface area contributed by atoms with E-state index in [2.05, 4.69) is 15.1 Å². The number of nitrogens with zero attached hydrogens (tertiary/aromatic N) is 4. The Balaban J connectivity index is 1.97. The van der Waals surface area contributed by atoms with Crippen LogP contribution in [-0.2, 0) is 0 Å². The number of hydrogen-bond acceptors (Lipinski definition) is 3. The van der Waals surface area contributed by atoms with Crippen LogP contribution in [0.25, 0.3) is 22.8 Å². The van der Waals surface area contributed by atoms with Gasteiger partial charge in [-0.05, 0) is 24.3 Å². The van der Waals surface area contributed by atoms with E-state index >= 15 is 0 Å². The molecule has 4 aromatic rings. The SMILES string of the molecule is O=C(O)c1cnn(-c2nc3ccccc3[nH]2)c1-n1cccc1. The Bertz CT molecular complexity index is 932. The van der Waals surface area contributed by atoms with Gasteiger partial charge in [-0.25, -0.2) is 9.78 Å². The molecule has 0 bridgehead atoms. The van der Waals surface area contributed by atoms with Gasteiger partial charge in [0.1, 0.15) is 5.56 Å². The maximum absolute atomic E-state index is 11.4. The highest BCUT2D eigenvalue weighted by Crippen LogP contribution is 2.20. The fourth-order valence-corrected chi connectivity index (χ4v) is 2.41. The van der Waals surface area contributed by atoms with Gasteiger partial charge in [0.15, 0.2) is 5.82 Å². The molecule has 0 radical (unpaired) electrons. The molecule has 22 heavy (non-hydrogen) atoms. The van der Waals surface area contributed by atoms with E-state index in [1.54, 1.807) is 17.0 Å². The third-order valence-electron chi connectivity index (χ3n) is 3.40. The number of fused-ring (bicyclic) bond motifs is 1. The molecule has 1 aromatic carbocycles. The molecule has 0 aliphatic carbocycles. The van der Waals surface area contributed by atoms with E-state index in [-0.39, 0.29) is 5.56 Å². The van der Waals surface area contributed by atoms with Gasteiger partial charge in [0.05, 0.1) is 17.2 Å². The molecular formula is C15H11N5O2. The van der Waals surface area contributed by atoms with Gasteiger partial charge >= 0.3 is 5.97 Å². The highest BCUT2D eigenvalue weighted by molar-refractivity contribution is 5.91. The summed E-state index contributed by atoms with van der Waals surface area (Å²) in [6.45, 7) is 0. The van der Waals surface area contributed by atoms with Crippen LogP contribution in [0.1, 0.15) is 10.4 Å². The Morgan fingerprint density at radius 3 is 2.64 bits per heavy atom. The van der Waals surface area contributed by atoms with Crippen molar-refractivity contribution in [2.45, 2.75) is 0 Å². The zero-order chi connectivity index (χ0) is 15.1. The molecule has 4 rings (SSSR count).